The second-order valence-corrected chi connectivity index (χ2v) is 16.4. The fourth-order valence-corrected chi connectivity index (χ4v) is 10.6. The van der Waals surface area contributed by atoms with Crippen molar-refractivity contribution in [2.75, 3.05) is 14.7 Å². The first-order valence-corrected chi connectivity index (χ1v) is 19.2. The molecule has 2 atom stereocenters. The molecule has 52 heavy (non-hydrogen) atoms. The number of fused-ring (bicyclic) bond motifs is 7. The Balaban J connectivity index is 1.36. The summed E-state index contributed by atoms with van der Waals surface area (Å²) in [5.74, 6) is 0. The van der Waals surface area contributed by atoms with Crippen LogP contribution in [0.5, 0.6) is 0 Å². The molecule has 6 aromatic carbocycles. The topological polar surface area (TPSA) is 9.72 Å². The highest BCUT2D eigenvalue weighted by atomic mass is 15.3. The molecular formula is C48H46BN3. The van der Waals surface area contributed by atoms with Gasteiger partial charge < -0.3 is 14.7 Å². The molecule has 4 heteroatoms. The van der Waals surface area contributed by atoms with E-state index < -0.39 is 0 Å². The van der Waals surface area contributed by atoms with Crippen LogP contribution >= 0.6 is 0 Å². The van der Waals surface area contributed by atoms with Gasteiger partial charge in [-0.3, -0.25) is 0 Å². The summed E-state index contributed by atoms with van der Waals surface area (Å²) in [5, 5.41) is 0. The van der Waals surface area contributed by atoms with Crippen LogP contribution in [0.4, 0.5) is 45.5 Å². The van der Waals surface area contributed by atoms with E-state index in [-0.39, 0.29) is 17.7 Å². The molecule has 3 aliphatic heterocycles. The van der Waals surface area contributed by atoms with Crippen LogP contribution in [0, 0.1) is 27.7 Å². The summed E-state index contributed by atoms with van der Waals surface area (Å²) in [4.78, 5) is 7.95. The number of hydrogen-bond acceptors (Lipinski definition) is 3. The van der Waals surface area contributed by atoms with Crippen LogP contribution in [0.3, 0.4) is 0 Å². The van der Waals surface area contributed by atoms with Gasteiger partial charge in [0.2, 0.25) is 0 Å². The largest absolute Gasteiger partial charge is 0.335 e. The van der Waals surface area contributed by atoms with Gasteiger partial charge in [0, 0.05) is 45.2 Å². The Hall–Kier alpha value is -5.22. The fraction of sp³-hybridized carbons (Fsp3) is 0.250. The van der Waals surface area contributed by atoms with Gasteiger partial charge in [-0.05, 0) is 134 Å². The number of para-hydroxylation sites is 3. The molecular weight excluding hydrogens is 629 g/mol. The van der Waals surface area contributed by atoms with E-state index in [2.05, 4.69) is 178 Å². The molecule has 0 spiro atoms. The highest BCUT2D eigenvalue weighted by molar-refractivity contribution is 7.00. The summed E-state index contributed by atoms with van der Waals surface area (Å²) in [5.41, 5.74) is 21.1. The monoisotopic (exact) mass is 675 g/mol. The van der Waals surface area contributed by atoms with Gasteiger partial charge in [0.05, 0.1) is 11.2 Å². The van der Waals surface area contributed by atoms with Crippen LogP contribution in [0.1, 0.15) is 67.3 Å². The molecule has 3 heterocycles. The van der Waals surface area contributed by atoms with Gasteiger partial charge >= 0.3 is 0 Å². The molecule has 1 saturated carbocycles. The molecule has 0 saturated heterocycles. The molecule has 0 aromatic heterocycles. The molecule has 0 bridgehead atoms. The van der Waals surface area contributed by atoms with E-state index in [1.54, 1.807) is 0 Å². The van der Waals surface area contributed by atoms with E-state index in [0.29, 0.717) is 0 Å². The van der Waals surface area contributed by atoms with Crippen molar-refractivity contribution in [3.05, 3.63) is 149 Å². The van der Waals surface area contributed by atoms with Crippen LogP contribution in [0.15, 0.2) is 121 Å². The lowest BCUT2D eigenvalue weighted by molar-refractivity contribution is 0.195. The van der Waals surface area contributed by atoms with Gasteiger partial charge in [-0.25, -0.2) is 0 Å². The van der Waals surface area contributed by atoms with Gasteiger partial charge in [0.1, 0.15) is 0 Å². The van der Waals surface area contributed by atoms with Crippen molar-refractivity contribution in [2.24, 2.45) is 0 Å². The minimum Gasteiger partial charge on any atom is -0.335 e. The quantitative estimate of drug-likeness (QED) is 0.172. The minimum atomic E-state index is -0.0427. The summed E-state index contributed by atoms with van der Waals surface area (Å²) in [7, 11) is 0. The molecule has 4 aliphatic rings. The van der Waals surface area contributed by atoms with Crippen LogP contribution in [-0.2, 0) is 5.41 Å². The van der Waals surface area contributed by atoms with E-state index in [1.807, 2.05) is 0 Å². The Kier molecular flexibility index (Phi) is 6.75. The second kappa shape index (κ2) is 11.1. The van der Waals surface area contributed by atoms with Crippen molar-refractivity contribution in [3.8, 4) is 0 Å². The third-order valence-corrected chi connectivity index (χ3v) is 13.3. The Labute approximate surface area is 309 Å². The van der Waals surface area contributed by atoms with Crippen molar-refractivity contribution >= 4 is 68.6 Å². The Bertz CT molecular complexity index is 2400. The molecule has 10 rings (SSSR count). The molecule has 1 fully saturated rings. The highest BCUT2D eigenvalue weighted by Crippen LogP contribution is 2.62. The lowest BCUT2D eigenvalue weighted by Gasteiger charge is -2.53. The van der Waals surface area contributed by atoms with E-state index in [4.69, 9.17) is 0 Å². The van der Waals surface area contributed by atoms with Gasteiger partial charge in [-0.1, -0.05) is 98.6 Å². The highest BCUT2D eigenvalue weighted by Gasteiger charge is 2.61. The van der Waals surface area contributed by atoms with Gasteiger partial charge in [0.15, 0.2) is 0 Å². The molecule has 1 aliphatic carbocycles. The fourth-order valence-electron chi connectivity index (χ4n) is 10.6. The van der Waals surface area contributed by atoms with Gasteiger partial charge in [0.25, 0.3) is 6.71 Å². The van der Waals surface area contributed by atoms with Crippen molar-refractivity contribution in [1.82, 2.24) is 0 Å². The standard InChI is InChI=1S/C48H46BN3/c1-31-15-13-18-35(27-31)50-42-28-32(2)23-24-38(42)49-39-20-14-19-37-46(39)52(48(6)26-12-11-25-47(37,48)5)44-30-36(29-43(50)45(44)49)51(40-21-9-7-16-33(40)3)41-22-10-8-17-34(41)4/h7-10,13-24,27-30H,11-12,25-26H2,1-6H3. The summed E-state index contributed by atoms with van der Waals surface area (Å²) < 4.78 is 0. The average molecular weight is 676 g/mol. The Morgan fingerprint density at radius 2 is 1.27 bits per heavy atom. The molecule has 2 unspecified atom stereocenters. The van der Waals surface area contributed by atoms with Crippen molar-refractivity contribution < 1.29 is 0 Å². The summed E-state index contributed by atoms with van der Waals surface area (Å²) >= 11 is 0. The number of nitrogens with zero attached hydrogens (tertiary/aromatic N) is 3. The maximum Gasteiger partial charge on any atom is 0.252 e. The van der Waals surface area contributed by atoms with Crippen molar-refractivity contribution in [3.63, 3.8) is 0 Å². The lowest BCUT2D eigenvalue weighted by atomic mass is 9.33. The molecule has 0 N–H and O–H groups in total. The predicted octanol–water partition coefficient (Wildman–Crippen LogP) is 10.7. The number of benzene rings is 6. The molecule has 0 radical (unpaired) electrons. The van der Waals surface area contributed by atoms with E-state index in [0.717, 1.165) is 0 Å². The predicted molar refractivity (Wildman–Crippen MR) is 222 cm³/mol. The SMILES string of the molecule is Cc1cccc(N2c3cc(C)ccc3B3c4cccc5c4N(c4cc(N(c6ccccc6C)c6ccccc6C)cc2c43)C2(C)CCCCC52C)c1. The molecule has 6 aromatic rings. The number of aryl methyl sites for hydroxylation is 4. The third kappa shape index (κ3) is 4.15. The normalized spacial score (nSPS) is 20.6. The van der Waals surface area contributed by atoms with Crippen molar-refractivity contribution in [2.45, 2.75) is 78.2 Å². The van der Waals surface area contributed by atoms with Gasteiger partial charge in [-0.2, -0.15) is 0 Å². The first kappa shape index (κ1) is 31.5. The lowest BCUT2D eigenvalue weighted by Crippen LogP contribution is -2.64. The zero-order valence-corrected chi connectivity index (χ0v) is 31.3. The first-order valence-electron chi connectivity index (χ1n) is 19.2. The van der Waals surface area contributed by atoms with Gasteiger partial charge in [-0.15, -0.1) is 0 Å². The Morgan fingerprint density at radius 3 is 2.00 bits per heavy atom. The number of rotatable bonds is 4. The molecule has 0 amide bonds. The maximum absolute atomic E-state index is 2.84. The van der Waals surface area contributed by atoms with E-state index >= 15 is 0 Å². The zero-order chi connectivity index (χ0) is 35.5. The third-order valence-electron chi connectivity index (χ3n) is 13.3. The number of anilines is 8. The smallest absolute Gasteiger partial charge is 0.252 e. The molecule has 256 valence electrons. The van der Waals surface area contributed by atoms with Crippen molar-refractivity contribution in [1.29, 1.82) is 0 Å². The van der Waals surface area contributed by atoms with Crippen LogP contribution < -0.4 is 31.1 Å². The van der Waals surface area contributed by atoms with E-state index in [1.165, 1.54) is 115 Å². The molecule has 3 nitrogen and oxygen atoms in total. The van der Waals surface area contributed by atoms with E-state index in [9.17, 15) is 0 Å². The summed E-state index contributed by atoms with van der Waals surface area (Å²) in [6.07, 6.45) is 4.93. The maximum atomic E-state index is 2.84. The first-order chi connectivity index (χ1) is 25.2. The minimum absolute atomic E-state index is 0.0427. The zero-order valence-electron chi connectivity index (χ0n) is 31.3. The second-order valence-electron chi connectivity index (χ2n) is 16.4. The summed E-state index contributed by atoms with van der Waals surface area (Å²) in [6.45, 7) is 14.2. The van der Waals surface area contributed by atoms with Crippen LogP contribution in [-0.4, -0.2) is 12.3 Å². The average Bonchev–Trinajstić information content (AvgIpc) is 3.35. The number of hydrogen-bond donors (Lipinski definition) is 0. The van der Waals surface area contributed by atoms with Crippen LogP contribution in [0.25, 0.3) is 0 Å². The Morgan fingerprint density at radius 1 is 0.596 bits per heavy atom. The summed E-state index contributed by atoms with van der Waals surface area (Å²) in [6, 6.07) is 46.3. The van der Waals surface area contributed by atoms with Crippen LogP contribution in [0.2, 0.25) is 0 Å².